The topological polar surface area (TPSA) is 38.5 Å². The lowest BCUT2D eigenvalue weighted by Gasteiger charge is -2.14. The van der Waals surface area contributed by atoms with E-state index in [2.05, 4.69) is 11.8 Å². The van der Waals surface area contributed by atoms with Gasteiger partial charge in [-0.25, -0.2) is 0 Å². The Labute approximate surface area is 74.9 Å². The van der Waals surface area contributed by atoms with Crippen LogP contribution in [0.4, 0.5) is 0 Å². The van der Waals surface area contributed by atoms with Crippen molar-refractivity contribution in [3.05, 3.63) is 0 Å². The molecular weight excluding hydrogens is 152 g/mol. The number of likely N-dealkylation sites (tertiary alicyclic amines) is 1. The van der Waals surface area contributed by atoms with Crippen molar-refractivity contribution in [2.45, 2.75) is 25.8 Å². The summed E-state index contributed by atoms with van der Waals surface area (Å²) in [5.74, 6) is 0. The fourth-order valence-corrected chi connectivity index (χ4v) is 1.51. The molecule has 0 amide bonds. The first-order valence-corrected chi connectivity index (χ1v) is 4.88. The molecule has 0 spiro atoms. The summed E-state index contributed by atoms with van der Waals surface area (Å²) in [4.78, 5) is 2.38. The monoisotopic (exact) mass is 172 g/mol. The van der Waals surface area contributed by atoms with Gasteiger partial charge in [-0.3, -0.25) is 4.90 Å². The van der Waals surface area contributed by atoms with E-state index in [1.165, 1.54) is 0 Å². The van der Waals surface area contributed by atoms with Gasteiger partial charge < -0.3 is 10.5 Å². The van der Waals surface area contributed by atoms with Crippen molar-refractivity contribution in [2.75, 3.05) is 32.8 Å². The van der Waals surface area contributed by atoms with E-state index < -0.39 is 0 Å². The summed E-state index contributed by atoms with van der Waals surface area (Å²) in [5, 5.41) is 0. The third kappa shape index (κ3) is 3.52. The highest BCUT2D eigenvalue weighted by Crippen LogP contribution is 2.05. The first-order chi connectivity index (χ1) is 5.83. The molecule has 1 rings (SSSR count). The summed E-state index contributed by atoms with van der Waals surface area (Å²) in [5.41, 5.74) is 5.77. The molecule has 1 saturated heterocycles. The molecule has 0 bridgehead atoms. The normalized spacial score (nSPS) is 25.0. The van der Waals surface area contributed by atoms with Crippen molar-refractivity contribution in [2.24, 2.45) is 5.73 Å². The number of ether oxygens (including phenoxy) is 1. The maximum Gasteiger partial charge on any atom is 0.0593 e. The van der Waals surface area contributed by atoms with E-state index in [9.17, 15) is 0 Å². The first-order valence-electron chi connectivity index (χ1n) is 4.88. The van der Waals surface area contributed by atoms with Crippen molar-refractivity contribution < 1.29 is 4.74 Å². The van der Waals surface area contributed by atoms with E-state index in [1.807, 2.05) is 0 Å². The van der Waals surface area contributed by atoms with Gasteiger partial charge in [-0.1, -0.05) is 6.92 Å². The van der Waals surface area contributed by atoms with Gasteiger partial charge in [0, 0.05) is 25.7 Å². The Morgan fingerprint density at radius 1 is 1.50 bits per heavy atom. The van der Waals surface area contributed by atoms with E-state index in [-0.39, 0.29) is 0 Å². The minimum absolute atomic E-state index is 0.399. The van der Waals surface area contributed by atoms with Crippen LogP contribution in [0.5, 0.6) is 0 Å². The molecule has 2 N–H and O–H groups in total. The van der Waals surface area contributed by atoms with Gasteiger partial charge in [0.05, 0.1) is 6.61 Å². The second kappa shape index (κ2) is 5.51. The molecule has 12 heavy (non-hydrogen) atoms. The van der Waals surface area contributed by atoms with Crippen LogP contribution < -0.4 is 5.73 Å². The van der Waals surface area contributed by atoms with Crippen molar-refractivity contribution in [3.63, 3.8) is 0 Å². The van der Waals surface area contributed by atoms with Gasteiger partial charge in [-0.15, -0.1) is 0 Å². The molecule has 0 aromatic heterocycles. The Balaban J connectivity index is 1.93. The van der Waals surface area contributed by atoms with Crippen LogP contribution in [0.2, 0.25) is 0 Å². The van der Waals surface area contributed by atoms with Gasteiger partial charge >= 0.3 is 0 Å². The molecule has 1 aliphatic rings. The summed E-state index contributed by atoms with van der Waals surface area (Å²) in [6.07, 6.45) is 2.26. The smallest absolute Gasteiger partial charge is 0.0593 e. The number of nitrogens with zero attached hydrogens (tertiary/aromatic N) is 1. The second-order valence-electron chi connectivity index (χ2n) is 3.46. The van der Waals surface area contributed by atoms with Crippen LogP contribution in [-0.2, 0) is 4.74 Å². The lowest BCUT2D eigenvalue weighted by Crippen LogP contribution is -2.29. The predicted octanol–water partition coefficient (Wildman–Crippen LogP) is 0.446. The number of hydrogen-bond acceptors (Lipinski definition) is 3. The highest BCUT2D eigenvalue weighted by atomic mass is 16.5. The van der Waals surface area contributed by atoms with Crippen LogP contribution in [-0.4, -0.2) is 43.8 Å². The largest absolute Gasteiger partial charge is 0.380 e. The molecule has 0 radical (unpaired) electrons. The zero-order valence-electron chi connectivity index (χ0n) is 7.96. The highest BCUT2D eigenvalue weighted by molar-refractivity contribution is 4.77. The van der Waals surface area contributed by atoms with Crippen molar-refractivity contribution in [1.82, 2.24) is 4.90 Å². The molecule has 0 saturated carbocycles. The van der Waals surface area contributed by atoms with Crippen LogP contribution in [0.25, 0.3) is 0 Å². The third-order valence-electron chi connectivity index (χ3n) is 2.21. The van der Waals surface area contributed by atoms with Gasteiger partial charge in [0.15, 0.2) is 0 Å². The van der Waals surface area contributed by atoms with Gasteiger partial charge in [-0.2, -0.15) is 0 Å². The fraction of sp³-hybridized carbons (Fsp3) is 1.00. The predicted molar refractivity (Wildman–Crippen MR) is 50.1 cm³/mol. The highest BCUT2D eigenvalue weighted by Gasteiger charge is 2.17. The van der Waals surface area contributed by atoms with Crippen LogP contribution in [0, 0.1) is 0 Å². The van der Waals surface area contributed by atoms with Gasteiger partial charge in [0.2, 0.25) is 0 Å². The lowest BCUT2D eigenvalue weighted by molar-refractivity contribution is 0.111. The van der Waals surface area contributed by atoms with Crippen LogP contribution >= 0.6 is 0 Å². The molecule has 1 heterocycles. The number of nitrogens with two attached hydrogens (primary N) is 1. The Morgan fingerprint density at radius 2 is 2.33 bits per heavy atom. The van der Waals surface area contributed by atoms with Crippen LogP contribution in [0.3, 0.4) is 0 Å². The van der Waals surface area contributed by atoms with Gasteiger partial charge in [0.25, 0.3) is 0 Å². The average molecular weight is 172 g/mol. The molecular formula is C9H20N2O. The molecule has 1 atom stereocenters. The minimum Gasteiger partial charge on any atom is -0.380 e. The molecule has 72 valence electrons. The number of hydrogen-bond donors (Lipinski definition) is 1. The zero-order chi connectivity index (χ0) is 8.81. The van der Waals surface area contributed by atoms with Crippen LogP contribution in [0.1, 0.15) is 19.8 Å². The third-order valence-corrected chi connectivity index (χ3v) is 2.21. The second-order valence-corrected chi connectivity index (χ2v) is 3.46. The van der Waals surface area contributed by atoms with Crippen molar-refractivity contribution >= 4 is 0 Å². The quantitative estimate of drug-likeness (QED) is 0.612. The van der Waals surface area contributed by atoms with Crippen molar-refractivity contribution in [1.29, 1.82) is 0 Å². The van der Waals surface area contributed by atoms with E-state index in [4.69, 9.17) is 10.5 Å². The van der Waals surface area contributed by atoms with Gasteiger partial charge in [-0.05, 0) is 19.4 Å². The first kappa shape index (κ1) is 9.96. The number of rotatable bonds is 5. The summed E-state index contributed by atoms with van der Waals surface area (Å²) in [6, 6.07) is 0.399. The standard InChI is InChI=1S/C9H20N2O/c1-2-6-12-7-5-11-4-3-9(10)8-11/h9H,2-8,10H2,1H3/t9-/m0/s1. The summed E-state index contributed by atoms with van der Waals surface area (Å²) in [7, 11) is 0. The SMILES string of the molecule is CCCOCCN1CC[C@H](N)C1. The van der Waals surface area contributed by atoms with Gasteiger partial charge in [0.1, 0.15) is 0 Å². The van der Waals surface area contributed by atoms with Crippen LogP contribution in [0.15, 0.2) is 0 Å². The fourth-order valence-electron chi connectivity index (χ4n) is 1.51. The Morgan fingerprint density at radius 3 is 2.92 bits per heavy atom. The summed E-state index contributed by atoms with van der Waals surface area (Å²) >= 11 is 0. The van der Waals surface area contributed by atoms with E-state index in [0.29, 0.717) is 6.04 Å². The molecule has 0 unspecified atom stereocenters. The molecule has 0 aromatic carbocycles. The van der Waals surface area contributed by atoms with E-state index in [1.54, 1.807) is 0 Å². The summed E-state index contributed by atoms with van der Waals surface area (Å²) in [6.45, 7) is 7.13. The summed E-state index contributed by atoms with van der Waals surface area (Å²) < 4.78 is 5.40. The molecule has 3 heteroatoms. The minimum atomic E-state index is 0.399. The molecule has 1 aliphatic heterocycles. The zero-order valence-corrected chi connectivity index (χ0v) is 7.96. The van der Waals surface area contributed by atoms with E-state index in [0.717, 1.165) is 45.7 Å². The van der Waals surface area contributed by atoms with Crippen molar-refractivity contribution in [3.8, 4) is 0 Å². The average Bonchev–Trinajstić information content (AvgIpc) is 2.45. The molecule has 1 fully saturated rings. The Hall–Kier alpha value is -0.120. The maximum absolute atomic E-state index is 5.77. The Kier molecular flexibility index (Phi) is 4.58. The maximum atomic E-state index is 5.77. The lowest BCUT2D eigenvalue weighted by atomic mass is 10.3. The molecule has 0 aromatic rings. The molecule has 3 nitrogen and oxygen atoms in total. The van der Waals surface area contributed by atoms with E-state index >= 15 is 0 Å². The Bertz CT molecular complexity index is 119. The molecule has 0 aliphatic carbocycles.